The normalized spacial score (nSPS) is 14.0. The highest BCUT2D eigenvalue weighted by molar-refractivity contribution is 7.47. The van der Waals surface area contributed by atoms with Crippen LogP contribution < -0.4 is 0 Å². The predicted molar refractivity (Wildman–Crippen MR) is 372 cm³/mol. The zero-order valence-electron chi connectivity index (χ0n) is 59.7. The van der Waals surface area contributed by atoms with E-state index in [2.05, 4.69) is 34.6 Å². The van der Waals surface area contributed by atoms with Gasteiger partial charge in [0.25, 0.3) is 0 Å². The molecule has 0 saturated carbocycles. The first-order chi connectivity index (χ1) is 44.5. The van der Waals surface area contributed by atoms with E-state index in [1.165, 1.54) is 205 Å². The topological polar surface area (TPSA) is 237 Å². The zero-order chi connectivity index (χ0) is 67.7. The van der Waals surface area contributed by atoms with Crippen LogP contribution in [0.4, 0.5) is 0 Å². The number of esters is 4. The van der Waals surface area contributed by atoms with Gasteiger partial charge in [-0.15, -0.1) is 0 Å². The summed E-state index contributed by atoms with van der Waals surface area (Å²) in [5.74, 6) is -1.34. The van der Waals surface area contributed by atoms with E-state index in [0.29, 0.717) is 25.7 Å². The number of phosphoric ester groups is 2. The minimum Gasteiger partial charge on any atom is -0.462 e. The van der Waals surface area contributed by atoms with Gasteiger partial charge in [-0.25, -0.2) is 9.13 Å². The van der Waals surface area contributed by atoms with Crippen LogP contribution in [-0.4, -0.2) is 96.7 Å². The molecule has 17 nitrogen and oxygen atoms in total. The molecule has 0 aromatic heterocycles. The molecule has 0 bridgehead atoms. The minimum absolute atomic E-state index is 0.107. The van der Waals surface area contributed by atoms with E-state index < -0.39 is 97.5 Å². The molecule has 0 saturated heterocycles. The Bertz CT molecular complexity index is 1770. The number of aliphatic hydroxyl groups excluding tert-OH is 1. The average molecular weight is 1350 g/mol. The number of carbonyl (C=O) groups excluding carboxylic acids is 4. The Hall–Kier alpha value is -1.94. The van der Waals surface area contributed by atoms with Crippen LogP contribution in [0, 0.1) is 5.92 Å². The summed E-state index contributed by atoms with van der Waals surface area (Å²) < 4.78 is 68.3. The molecule has 0 radical (unpaired) electrons. The van der Waals surface area contributed by atoms with Crippen molar-refractivity contribution in [1.29, 1.82) is 0 Å². The van der Waals surface area contributed by atoms with Crippen molar-refractivity contribution in [3.8, 4) is 0 Å². The average Bonchev–Trinajstić information content (AvgIpc) is 1.83. The highest BCUT2D eigenvalue weighted by Gasteiger charge is 2.30. The monoisotopic (exact) mass is 1350 g/mol. The number of aliphatic hydroxyl groups is 1. The first-order valence-electron chi connectivity index (χ1n) is 38.1. The number of hydrogen-bond donors (Lipinski definition) is 3. The number of phosphoric acid groups is 2. The van der Waals surface area contributed by atoms with Gasteiger partial charge in [0, 0.05) is 25.7 Å². The largest absolute Gasteiger partial charge is 0.472 e. The molecule has 2 unspecified atom stereocenters. The molecular weight excluding hydrogens is 1210 g/mol. The van der Waals surface area contributed by atoms with Gasteiger partial charge >= 0.3 is 39.5 Å². The summed E-state index contributed by atoms with van der Waals surface area (Å²) in [6.45, 7) is 7.26. The van der Waals surface area contributed by atoms with Crippen LogP contribution in [0.2, 0.25) is 0 Å². The lowest BCUT2D eigenvalue weighted by Gasteiger charge is -2.21. The van der Waals surface area contributed by atoms with Gasteiger partial charge in [-0.2, -0.15) is 0 Å². The van der Waals surface area contributed by atoms with Gasteiger partial charge in [0.1, 0.15) is 19.3 Å². The molecule has 0 aliphatic rings. The fourth-order valence-corrected chi connectivity index (χ4v) is 12.8. The van der Waals surface area contributed by atoms with E-state index in [1.54, 1.807) is 0 Å². The molecule has 0 aromatic carbocycles. The van der Waals surface area contributed by atoms with Gasteiger partial charge in [-0.05, 0) is 31.6 Å². The molecule has 0 rings (SSSR count). The van der Waals surface area contributed by atoms with Crippen LogP contribution in [0.15, 0.2) is 0 Å². The summed E-state index contributed by atoms with van der Waals surface area (Å²) in [6.07, 6.45) is 54.1. The van der Waals surface area contributed by atoms with Gasteiger partial charge in [-0.1, -0.05) is 330 Å². The molecule has 0 spiro atoms. The van der Waals surface area contributed by atoms with Gasteiger partial charge in [0.15, 0.2) is 12.2 Å². The third-order valence-electron chi connectivity index (χ3n) is 17.0. The van der Waals surface area contributed by atoms with E-state index >= 15 is 0 Å². The summed E-state index contributed by atoms with van der Waals surface area (Å²) in [5, 5.41) is 10.6. The summed E-state index contributed by atoms with van der Waals surface area (Å²) in [7, 11) is -9.90. The highest BCUT2D eigenvalue weighted by atomic mass is 31.2. The molecule has 3 N–H and O–H groups in total. The predicted octanol–water partition coefficient (Wildman–Crippen LogP) is 21.3. The fraction of sp³-hybridized carbons (Fsp3) is 0.945. The smallest absolute Gasteiger partial charge is 0.462 e. The molecule has 0 aliphatic heterocycles. The van der Waals surface area contributed by atoms with Crippen molar-refractivity contribution in [2.75, 3.05) is 39.6 Å². The van der Waals surface area contributed by atoms with Gasteiger partial charge in [-0.3, -0.25) is 37.3 Å². The number of carbonyl (C=O) groups is 4. The van der Waals surface area contributed by atoms with Crippen molar-refractivity contribution in [2.24, 2.45) is 5.92 Å². The van der Waals surface area contributed by atoms with Crippen LogP contribution in [0.25, 0.3) is 0 Å². The van der Waals surface area contributed by atoms with Crippen molar-refractivity contribution < 1.29 is 80.2 Å². The summed E-state index contributed by atoms with van der Waals surface area (Å²) >= 11 is 0. The van der Waals surface area contributed by atoms with Crippen molar-refractivity contribution in [3.63, 3.8) is 0 Å². The third kappa shape index (κ3) is 66.7. The van der Waals surface area contributed by atoms with Crippen LogP contribution in [0.1, 0.15) is 381 Å². The molecule has 5 atom stereocenters. The lowest BCUT2D eigenvalue weighted by atomic mass is 10.0. The van der Waals surface area contributed by atoms with Crippen molar-refractivity contribution in [3.05, 3.63) is 0 Å². The SMILES string of the molecule is CCCCCCCCCCCCCCCCCCCCC(=O)O[C@H](COC(=O)CCCCCCCCCCCCCCC(C)C)COP(=O)(O)OC[C@@H](O)COP(=O)(O)OC[C@@H](COC(=O)CCCCCCCCCCC)OC(=O)CCCCCCCCCCCC. The van der Waals surface area contributed by atoms with Crippen molar-refractivity contribution in [1.82, 2.24) is 0 Å². The molecule has 0 aliphatic carbocycles. The third-order valence-corrected chi connectivity index (χ3v) is 18.9. The first-order valence-corrected chi connectivity index (χ1v) is 41.1. The van der Waals surface area contributed by atoms with Crippen LogP contribution in [0.5, 0.6) is 0 Å². The van der Waals surface area contributed by atoms with Crippen molar-refractivity contribution in [2.45, 2.75) is 400 Å². The molecule has 92 heavy (non-hydrogen) atoms. The van der Waals surface area contributed by atoms with E-state index in [1.807, 2.05) is 0 Å². The molecule has 546 valence electrons. The quantitative estimate of drug-likeness (QED) is 0.0222. The Morgan fingerprint density at radius 1 is 0.293 bits per heavy atom. The van der Waals surface area contributed by atoms with Gasteiger partial charge < -0.3 is 33.8 Å². The number of unbranched alkanes of at least 4 members (excludes halogenated alkanes) is 45. The maximum atomic E-state index is 13.1. The molecule has 0 fully saturated rings. The molecule has 0 heterocycles. The van der Waals surface area contributed by atoms with Crippen LogP contribution in [0.3, 0.4) is 0 Å². The lowest BCUT2D eigenvalue weighted by Crippen LogP contribution is -2.30. The Kier molecular flexibility index (Phi) is 64.9. The summed E-state index contributed by atoms with van der Waals surface area (Å²) in [4.78, 5) is 72.6. The summed E-state index contributed by atoms with van der Waals surface area (Å²) in [6, 6.07) is 0. The highest BCUT2D eigenvalue weighted by Crippen LogP contribution is 2.45. The number of hydrogen-bond acceptors (Lipinski definition) is 15. The van der Waals surface area contributed by atoms with Crippen LogP contribution in [-0.2, 0) is 65.4 Å². The number of ether oxygens (including phenoxy) is 4. The fourth-order valence-electron chi connectivity index (χ4n) is 11.2. The molecule has 19 heteroatoms. The maximum absolute atomic E-state index is 13.1. The van der Waals surface area contributed by atoms with Gasteiger partial charge in [0.2, 0.25) is 0 Å². The molecule has 0 amide bonds. The van der Waals surface area contributed by atoms with E-state index in [-0.39, 0.29) is 25.7 Å². The number of rotatable bonds is 73. The summed E-state index contributed by atoms with van der Waals surface area (Å²) in [5.41, 5.74) is 0. The Balaban J connectivity index is 5.21. The second-order valence-electron chi connectivity index (χ2n) is 26.8. The van der Waals surface area contributed by atoms with E-state index in [9.17, 15) is 43.2 Å². The zero-order valence-corrected chi connectivity index (χ0v) is 61.5. The van der Waals surface area contributed by atoms with Crippen LogP contribution >= 0.6 is 15.6 Å². The second kappa shape index (κ2) is 66.3. The Labute approximate surface area is 562 Å². The molecule has 0 aromatic rings. The Morgan fingerprint density at radius 3 is 0.739 bits per heavy atom. The minimum atomic E-state index is -4.95. The Morgan fingerprint density at radius 2 is 0.500 bits per heavy atom. The van der Waals surface area contributed by atoms with Gasteiger partial charge in [0.05, 0.1) is 26.4 Å². The molecular formula is C73H142O17P2. The van der Waals surface area contributed by atoms with E-state index in [0.717, 1.165) is 95.8 Å². The van der Waals surface area contributed by atoms with E-state index in [4.69, 9.17) is 37.0 Å². The second-order valence-corrected chi connectivity index (χ2v) is 29.7. The van der Waals surface area contributed by atoms with Crippen molar-refractivity contribution >= 4 is 39.5 Å². The standard InChI is InChI=1S/C73H142O17P2/c1-6-9-12-15-18-21-23-24-25-26-27-28-29-34-39-44-49-54-59-73(78)90-69(63-84-71(76)57-52-47-42-38-33-31-30-32-36-40-45-50-55-66(4)5)65-88-92(81,82)86-61-67(74)60-85-91(79,80)87-64-68(62-83-70(75)56-51-46-41-35-20-17-14-11-8-3)89-72(77)58-53-48-43-37-22-19-16-13-10-7-2/h66-69,74H,6-65H2,1-5H3,(H,79,80)(H,81,82)/t67-,68+,69+/m0/s1. The first kappa shape index (κ1) is 90.1. The maximum Gasteiger partial charge on any atom is 0.472 e. The lowest BCUT2D eigenvalue weighted by molar-refractivity contribution is -0.161.